The normalized spacial score (nSPS) is 23.5. The minimum atomic E-state index is -0.334. The van der Waals surface area contributed by atoms with E-state index in [1.54, 1.807) is 12.1 Å². The summed E-state index contributed by atoms with van der Waals surface area (Å²) in [6.07, 6.45) is 1.11. The molecule has 0 aliphatic carbocycles. The van der Waals surface area contributed by atoms with Gasteiger partial charge >= 0.3 is 0 Å². The predicted molar refractivity (Wildman–Crippen MR) is 78.0 cm³/mol. The molecule has 1 aromatic rings. The Morgan fingerprint density at radius 3 is 2.84 bits per heavy atom. The molecule has 1 aromatic carbocycles. The van der Waals surface area contributed by atoms with Gasteiger partial charge in [0.15, 0.2) is 0 Å². The summed E-state index contributed by atoms with van der Waals surface area (Å²) in [5, 5.41) is 3.75. The maximum Gasteiger partial charge on any atom is 0.142 e. The molecule has 0 saturated carbocycles. The summed E-state index contributed by atoms with van der Waals surface area (Å²) in [4.78, 5) is 2.42. The van der Waals surface area contributed by atoms with Crippen molar-refractivity contribution in [2.24, 2.45) is 0 Å². The largest absolute Gasteiger partial charge is 0.311 e. The van der Waals surface area contributed by atoms with E-state index in [9.17, 15) is 4.39 Å². The van der Waals surface area contributed by atoms with Crippen molar-refractivity contribution in [3.63, 3.8) is 0 Å². The number of hydrogen-bond donors (Lipinski definition) is 1. The van der Waals surface area contributed by atoms with E-state index in [2.05, 4.69) is 31.0 Å². The van der Waals surface area contributed by atoms with Gasteiger partial charge in [0.1, 0.15) is 5.82 Å². The van der Waals surface area contributed by atoms with Crippen molar-refractivity contribution in [1.82, 2.24) is 10.2 Å². The first kappa shape index (κ1) is 14.8. The lowest BCUT2D eigenvalue weighted by Crippen LogP contribution is -2.61. The molecule has 2 rings (SSSR count). The van der Waals surface area contributed by atoms with Gasteiger partial charge in [0, 0.05) is 31.2 Å². The molecule has 0 amide bonds. The molecular weight excluding hydrogens is 263 g/mol. The fourth-order valence-corrected chi connectivity index (χ4v) is 2.61. The third kappa shape index (κ3) is 3.47. The van der Waals surface area contributed by atoms with Crippen LogP contribution in [0.15, 0.2) is 18.2 Å². The van der Waals surface area contributed by atoms with Crippen LogP contribution in [0.2, 0.25) is 5.02 Å². The average Bonchev–Trinajstić information content (AvgIpc) is 2.36. The number of hydrogen-bond acceptors (Lipinski definition) is 2. The zero-order valence-corrected chi connectivity index (χ0v) is 12.6. The first-order chi connectivity index (χ1) is 8.92. The Kier molecular flexibility index (Phi) is 4.49. The lowest BCUT2D eigenvalue weighted by molar-refractivity contribution is 0.0576. The van der Waals surface area contributed by atoms with Crippen molar-refractivity contribution in [3.05, 3.63) is 34.6 Å². The van der Waals surface area contributed by atoms with E-state index in [4.69, 9.17) is 11.6 Å². The zero-order chi connectivity index (χ0) is 14.0. The third-order valence-electron chi connectivity index (χ3n) is 3.97. The van der Waals surface area contributed by atoms with Gasteiger partial charge < -0.3 is 5.32 Å². The van der Waals surface area contributed by atoms with Crippen LogP contribution < -0.4 is 5.32 Å². The van der Waals surface area contributed by atoms with E-state index in [-0.39, 0.29) is 16.4 Å². The highest BCUT2D eigenvalue weighted by atomic mass is 35.5. The number of halogens is 2. The molecule has 19 heavy (non-hydrogen) atoms. The second-order valence-electron chi connectivity index (χ2n) is 5.93. The van der Waals surface area contributed by atoms with Crippen LogP contribution in [0.5, 0.6) is 0 Å². The standard InChI is InChI=1S/C15H22ClFN2/c1-4-12-9-19(15(2,3)10-18-12)8-11-5-6-13(16)14(17)7-11/h5-7,12,18H,4,8-10H2,1-3H3. The predicted octanol–water partition coefficient (Wildman–Crippen LogP) is 3.44. The maximum absolute atomic E-state index is 13.5. The van der Waals surface area contributed by atoms with E-state index in [1.165, 1.54) is 0 Å². The van der Waals surface area contributed by atoms with Crippen molar-refractivity contribution < 1.29 is 4.39 Å². The monoisotopic (exact) mass is 284 g/mol. The topological polar surface area (TPSA) is 15.3 Å². The van der Waals surface area contributed by atoms with Gasteiger partial charge in [0.2, 0.25) is 0 Å². The van der Waals surface area contributed by atoms with Gasteiger partial charge in [-0.15, -0.1) is 0 Å². The van der Waals surface area contributed by atoms with Gasteiger partial charge in [-0.3, -0.25) is 4.90 Å². The number of nitrogens with one attached hydrogen (secondary N) is 1. The number of nitrogens with zero attached hydrogens (tertiary/aromatic N) is 1. The number of piperazine rings is 1. The fraction of sp³-hybridized carbons (Fsp3) is 0.600. The van der Waals surface area contributed by atoms with Gasteiger partial charge in [-0.25, -0.2) is 4.39 Å². The maximum atomic E-state index is 13.5. The molecule has 4 heteroatoms. The Hall–Kier alpha value is -0.640. The Morgan fingerprint density at radius 2 is 2.21 bits per heavy atom. The minimum Gasteiger partial charge on any atom is -0.311 e. The summed E-state index contributed by atoms with van der Waals surface area (Å²) in [6, 6.07) is 5.61. The minimum absolute atomic E-state index is 0.0851. The molecule has 1 aliphatic rings. The Balaban J connectivity index is 2.12. The van der Waals surface area contributed by atoms with Crippen LogP contribution in [0.1, 0.15) is 32.8 Å². The Morgan fingerprint density at radius 1 is 1.47 bits per heavy atom. The van der Waals surface area contributed by atoms with Gasteiger partial charge in [0.25, 0.3) is 0 Å². The van der Waals surface area contributed by atoms with Gasteiger partial charge in [-0.05, 0) is 38.0 Å². The van der Waals surface area contributed by atoms with E-state index in [1.807, 2.05) is 6.07 Å². The Bertz CT molecular complexity index is 448. The molecule has 1 saturated heterocycles. The SMILES string of the molecule is CCC1CN(Cc2ccc(Cl)c(F)c2)C(C)(C)CN1. The fourth-order valence-electron chi connectivity index (χ4n) is 2.49. The van der Waals surface area contributed by atoms with Crippen LogP contribution in [-0.4, -0.2) is 29.6 Å². The van der Waals surface area contributed by atoms with E-state index in [0.717, 1.165) is 31.6 Å². The first-order valence-electron chi connectivity index (χ1n) is 6.84. The molecule has 1 aliphatic heterocycles. The van der Waals surface area contributed by atoms with Gasteiger partial charge in [-0.1, -0.05) is 24.6 Å². The summed E-state index contributed by atoms with van der Waals surface area (Å²) >= 11 is 5.73. The summed E-state index contributed by atoms with van der Waals surface area (Å²) in [5.41, 5.74) is 1.06. The molecular formula is C15H22ClFN2. The molecule has 1 heterocycles. The highest BCUT2D eigenvalue weighted by Gasteiger charge is 2.33. The summed E-state index contributed by atoms with van der Waals surface area (Å²) in [7, 11) is 0. The van der Waals surface area contributed by atoms with Crippen molar-refractivity contribution >= 4 is 11.6 Å². The van der Waals surface area contributed by atoms with Crippen LogP contribution in [0.4, 0.5) is 4.39 Å². The summed E-state index contributed by atoms with van der Waals surface area (Å²) < 4.78 is 13.5. The van der Waals surface area contributed by atoms with Gasteiger partial charge in [0.05, 0.1) is 5.02 Å². The quantitative estimate of drug-likeness (QED) is 0.915. The molecule has 1 atom stereocenters. The van der Waals surface area contributed by atoms with Crippen LogP contribution >= 0.6 is 11.6 Å². The van der Waals surface area contributed by atoms with Crippen LogP contribution in [-0.2, 0) is 6.54 Å². The Labute approximate surface area is 119 Å². The van der Waals surface area contributed by atoms with E-state index >= 15 is 0 Å². The molecule has 1 unspecified atom stereocenters. The molecule has 106 valence electrons. The van der Waals surface area contributed by atoms with Crippen molar-refractivity contribution in [3.8, 4) is 0 Å². The average molecular weight is 285 g/mol. The molecule has 0 spiro atoms. The second-order valence-corrected chi connectivity index (χ2v) is 6.33. The third-order valence-corrected chi connectivity index (χ3v) is 4.28. The molecule has 1 fully saturated rings. The first-order valence-corrected chi connectivity index (χ1v) is 7.22. The smallest absolute Gasteiger partial charge is 0.142 e. The number of rotatable bonds is 3. The molecule has 0 bridgehead atoms. The van der Waals surface area contributed by atoms with E-state index in [0.29, 0.717) is 6.04 Å². The summed E-state index contributed by atoms with van der Waals surface area (Å²) in [6.45, 7) is 9.35. The van der Waals surface area contributed by atoms with Crippen molar-refractivity contribution in [2.75, 3.05) is 13.1 Å². The molecule has 1 N–H and O–H groups in total. The zero-order valence-electron chi connectivity index (χ0n) is 11.8. The lowest BCUT2D eigenvalue weighted by Gasteiger charge is -2.46. The molecule has 0 radical (unpaired) electrons. The van der Waals surface area contributed by atoms with Crippen molar-refractivity contribution in [1.29, 1.82) is 0 Å². The second kappa shape index (κ2) is 5.78. The van der Waals surface area contributed by atoms with Crippen LogP contribution in [0, 0.1) is 5.82 Å². The van der Waals surface area contributed by atoms with E-state index < -0.39 is 0 Å². The van der Waals surface area contributed by atoms with Gasteiger partial charge in [-0.2, -0.15) is 0 Å². The lowest BCUT2D eigenvalue weighted by atomic mass is 9.95. The highest BCUT2D eigenvalue weighted by Crippen LogP contribution is 2.24. The van der Waals surface area contributed by atoms with Crippen LogP contribution in [0.25, 0.3) is 0 Å². The molecule has 0 aromatic heterocycles. The van der Waals surface area contributed by atoms with Crippen molar-refractivity contribution in [2.45, 2.75) is 45.3 Å². The van der Waals surface area contributed by atoms with Crippen LogP contribution in [0.3, 0.4) is 0 Å². The number of benzene rings is 1. The molecule has 2 nitrogen and oxygen atoms in total. The summed E-state index contributed by atoms with van der Waals surface area (Å²) in [5.74, 6) is -0.334. The highest BCUT2D eigenvalue weighted by molar-refractivity contribution is 6.30.